The number of amides is 2. The van der Waals surface area contributed by atoms with E-state index in [2.05, 4.69) is 5.32 Å². The maximum atomic E-state index is 12.6. The molecule has 0 spiro atoms. The van der Waals surface area contributed by atoms with Crippen LogP contribution in [0.3, 0.4) is 0 Å². The van der Waals surface area contributed by atoms with Crippen molar-refractivity contribution in [3.8, 4) is 11.5 Å². The lowest BCUT2D eigenvalue weighted by Crippen LogP contribution is -2.41. The maximum absolute atomic E-state index is 12.6. The molecule has 0 unspecified atom stereocenters. The van der Waals surface area contributed by atoms with Crippen molar-refractivity contribution in [1.29, 1.82) is 0 Å². The quantitative estimate of drug-likeness (QED) is 0.627. The van der Waals surface area contributed by atoms with E-state index in [0.29, 0.717) is 43.1 Å². The van der Waals surface area contributed by atoms with Crippen LogP contribution in [-0.2, 0) is 4.79 Å². The summed E-state index contributed by atoms with van der Waals surface area (Å²) >= 11 is 0. The second-order valence-electron chi connectivity index (χ2n) is 6.93. The molecule has 1 fully saturated rings. The number of nitrogens with one attached hydrogen (secondary N) is 1. The average molecular weight is 397 g/mol. The predicted molar refractivity (Wildman–Crippen MR) is 103 cm³/mol. The first-order valence-corrected chi connectivity index (χ1v) is 9.25. The molecule has 2 amide bonds. The molecule has 0 radical (unpaired) electrons. The van der Waals surface area contributed by atoms with Gasteiger partial charge in [0.15, 0.2) is 11.5 Å². The maximum Gasteiger partial charge on any atom is 0.270 e. The first kappa shape index (κ1) is 18.7. The Kier molecular flexibility index (Phi) is 5.03. The summed E-state index contributed by atoms with van der Waals surface area (Å²) in [6, 6.07) is 10.9. The summed E-state index contributed by atoms with van der Waals surface area (Å²) < 4.78 is 10.6. The van der Waals surface area contributed by atoms with Crippen LogP contribution in [0.1, 0.15) is 23.2 Å². The van der Waals surface area contributed by atoms with Gasteiger partial charge in [0.05, 0.1) is 4.92 Å². The molecular weight excluding hydrogens is 378 g/mol. The van der Waals surface area contributed by atoms with E-state index in [0.717, 1.165) is 0 Å². The zero-order valence-corrected chi connectivity index (χ0v) is 15.5. The first-order chi connectivity index (χ1) is 14.0. The predicted octanol–water partition coefficient (Wildman–Crippen LogP) is 2.81. The molecule has 2 aromatic carbocycles. The number of hydrogen-bond donors (Lipinski definition) is 1. The number of nitro benzene ring substituents is 1. The van der Waals surface area contributed by atoms with Gasteiger partial charge in [-0.25, -0.2) is 0 Å². The molecule has 1 N–H and O–H groups in total. The van der Waals surface area contributed by atoms with E-state index in [1.54, 1.807) is 29.2 Å². The number of benzene rings is 2. The fourth-order valence-electron chi connectivity index (χ4n) is 3.50. The molecule has 9 heteroatoms. The van der Waals surface area contributed by atoms with Crippen LogP contribution in [0.4, 0.5) is 11.4 Å². The fraction of sp³-hybridized carbons (Fsp3) is 0.300. The van der Waals surface area contributed by atoms with E-state index in [4.69, 9.17) is 9.47 Å². The number of rotatable bonds is 4. The summed E-state index contributed by atoms with van der Waals surface area (Å²) in [6.45, 7) is 1.01. The Morgan fingerprint density at radius 1 is 1.07 bits per heavy atom. The van der Waals surface area contributed by atoms with Gasteiger partial charge in [0.1, 0.15) is 0 Å². The molecule has 1 saturated heterocycles. The van der Waals surface area contributed by atoms with Gasteiger partial charge in [0, 0.05) is 48.5 Å². The van der Waals surface area contributed by atoms with Crippen LogP contribution in [0.15, 0.2) is 42.5 Å². The van der Waals surface area contributed by atoms with E-state index in [9.17, 15) is 19.7 Å². The van der Waals surface area contributed by atoms with Crippen LogP contribution in [0.2, 0.25) is 0 Å². The minimum Gasteiger partial charge on any atom is -0.454 e. The molecule has 2 aliphatic heterocycles. The highest BCUT2D eigenvalue weighted by atomic mass is 16.7. The third-order valence-corrected chi connectivity index (χ3v) is 5.10. The summed E-state index contributed by atoms with van der Waals surface area (Å²) in [5.41, 5.74) is 0.797. The minimum absolute atomic E-state index is 0.105. The highest BCUT2D eigenvalue weighted by Crippen LogP contribution is 2.34. The topological polar surface area (TPSA) is 111 Å². The molecule has 150 valence electrons. The van der Waals surface area contributed by atoms with Crippen molar-refractivity contribution in [2.24, 2.45) is 5.92 Å². The molecule has 0 aromatic heterocycles. The number of likely N-dealkylation sites (tertiary alicyclic amines) is 1. The van der Waals surface area contributed by atoms with Gasteiger partial charge >= 0.3 is 0 Å². The van der Waals surface area contributed by atoms with Gasteiger partial charge < -0.3 is 19.7 Å². The van der Waals surface area contributed by atoms with Crippen molar-refractivity contribution >= 4 is 23.2 Å². The molecule has 4 rings (SSSR count). The molecule has 29 heavy (non-hydrogen) atoms. The SMILES string of the molecule is O=C(Nc1ccc2c(c1)OCO2)C1CCN(C(=O)c2cccc([N+](=O)[O-])c2)CC1. The van der Waals surface area contributed by atoms with Gasteiger partial charge in [-0.3, -0.25) is 19.7 Å². The highest BCUT2D eigenvalue weighted by molar-refractivity contribution is 5.96. The summed E-state index contributed by atoms with van der Waals surface area (Å²) in [7, 11) is 0. The van der Waals surface area contributed by atoms with E-state index in [1.165, 1.54) is 18.2 Å². The Bertz CT molecular complexity index is 968. The summed E-state index contributed by atoms with van der Waals surface area (Å²) in [6.07, 6.45) is 1.05. The molecule has 2 aromatic rings. The number of fused-ring (bicyclic) bond motifs is 1. The Hall–Kier alpha value is -3.62. The van der Waals surface area contributed by atoms with Crippen molar-refractivity contribution < 1.29 is 24.0 Å². The number of carbonyl (C=O) groups is 2. The number of carbonyl (C=O) groups excluding carboxylic acids is 2. The Morgan fingerprint density at radius 2 is 1.83 bits per heavy atom. The molecular formula is C20H19N3O6. The van der Waals surface area contributed by atoms with Crippen molar-refractivity contribution in [3.63, 3.8) is 0 Å². The van der Waals surface area contributed by atoms with Crippen molar-refractivity contribution in [2.75, 3.05) is 25.2 Å². The van der Waals surface area contributed by atoms with Crippen molar-refractivity contribution in [2.45, 2.75) is 12.8 Å². The number of piperidine rings is 1. The Labute approximate surface area is 166 Å². The lowest BCUT2D eigenvalue weighted by Gasteiger charge is -2.31. The number of nitro groups is 1. The van der Waals surface area contributed by atoms with E-state index in [1.807, 2.05) is 0 Å². The third kappa shape index (κ3) is 3.98. The molecule has 0 aliphatic carbocycles. The lowest BCUT2D eigenvalue weighted by atomic mass is 9.95. The van der Waals surface area contributed by atoms with Crippen LogP contribution in [0.5, 0.6) is 11.5 Å². The standard InChI is InChI=1S/C20H19N3O6/c24-19(21-15-4-5-17-18(11-15)29-12-28-17)13-6-8-22(9-7-13)20(25)14-2-1-3-16(10-14)23(26)27/h1-5,10-11,13H,6-9,12H2,(H,21,24). The summed E-state index contributed by atoms with van der Waals surface area (Å²) in [4.78, 5) is 37.2. The number of nitrogens with zero attached hydrogens (tertiary/aromatic N) is 2. The zero-order chi connectivity index (χ0) is 20.4. The number of anilines is 1. The Balaban J connectivity index is 1.34. The van der Waals surface area contributed by atoms with Gasteiger partial charge in [-0.15, -0.1) is 0 Å². The Morgan fingerprint density at radius 3 is 2.59 bits per heavy atom. The molecule has 2 heterocycles. The molecule has 0 bridgehead atoms. The van der Waals surface area contributed by atoms with Crippen molar-refractivity contribution in [3.05, 3.63) is 58.1 Å². The van der Waals surface area contributed by atoms with E-state index >= 15 is 0 Å². The van der Waals surface area contributed by atoms with Crippen molar-refractivity contribution in [1.82, 2.24) is 4.90 Å². The molecule has 9 nitrogen and oxygen atoms in total. The van der Waals surface area contributed by atoms with Crippen LogP contribution in [0.25, 0.3) is 0 Å². The van der Waals surface area contributed by atoms with E-state index < -0.39 is 4.92 Å². The average Bonchev–Trinajstić information content (AvgIpc) is 3.21. The molecule has 0 atom stereocenters. The lowest BCUT2D eigenvalue weighted by molar-refractivity contribution is -0.384. The van der Waals surface area contributed by atoms with Crippen LogP contribution in [0, 0.1) is 16.0 Å². The van der Waals surface area contributed by atoms with Gasteiger partial charge in [-0.1, -0.05) is 6.07 Å². The smallest absolute Gasteiger partial charge is 0.270 e. The third-order valence-electron chi connectivity index (χ3n) is 5.10. The first-order valence-electron chi connectivity index (χ1n) is 9.25. The molecule has 2 aliphatic rings. The number of ether oxygens (including phenoxy) is 2. The number of hydrogen-bond acceptors (Lipinski definition) is 6. The van der Waals surface area contributed by atoms with Gasteiger partial charge in [0.25, 0.3) is 11.6 Å². The van der Waals surface area contributed by atoms with Crippen LogP contribution in [-0.4, -0.2) is 41.5 Å². The van der Waals surface area contributed by atoms with Crippen LogP contribution < -0.4 is 14.8 Å². The normalized spacial score (nSPS) is 15.8. The minimum atomic E-state index is -0.524. The summed E-state index contributed by atoms with van der Waals surface area (Å²) in [5, 5.41) is 13.8. The zero-order valence-electron chi connectivity index (χ0n) is 15.5. The van der Waals surface area contributed by atoms with Gasteiger partial charge in [-0.05, 0) is 31.0 Å². The highest BCUT2D eigenvalue weighted by Gasteiger charge is 2.28. The largest absolute Gasteiger partial charge is 0.454 e. The van der Waals surface area contributed by atoms with E-state index in [-0.39, 0.29) is 35.8 Å². The monoisotopic (exact) mass is 397 g/mol. The second kappa shape index (κ2) is 7.78. The van der Waals surface area contributed by atoms with Crippen LogP contribution >= 0.6 is 0 Å². The fourth-order valence-corrected chi connectivity index (χ4v) is 3.50. The second-order valence-corrected chi connectivity index (χ2v) is 6.93. The number of non-ortho nitro benzene ring substituents is 1. The van der Waals surface area contributed by atoms with Gasteiger partial charge in [0.2, 0.25) is 12.7 Å². The van der Waals surface area contributed by atoms with Gasteiger partial charge in [-0.2, -0.15) is 0 Å². The molecule has 0 saturated carbocycles. The summed E-state index contributed by atoms with van der Waals surface area (Å²) in [5.74, 6) is 0.667.